The molecule has 0 amide bonds. The van der Waals surface area contributed by atoms with Crippen molar-refractivity contribution in [3.8, 4) is 0 Å². The normalized spacial score (nSPS) is 22.5. The van der Waals surface area contributed by atoms with Crippen LogP contribution in [0.25, 0.3) is 0 Å². The van der Waals surface area contributed by atoms with Crippen LogP contribution in [-0.4, -0.2) is 17.0 Å². The standard InChI is InChI=1S/C9H10O2S/c1-5-2-7-8(11)3-6(10)4-9(7)12-5/h2,6,10H,3-4H2,1H3. The molecule has 1 aliphatic rings. The fourth-order valence-corrected chi connectivity index (χ4v) is 2.68. The summed E-state index contributed by atoms with van der Waals surface area (Å²) in [5.74, 6) is 0.0908. The van der Waals surface area contributed by atoms with Gasteiger partial charge in [-0.05, 0) is 13.0 Å². The molecule has 0 aliphatic heterocycles. The molecule has 1 aromatic rings. The molecule has 1 aliphatic carbocycles. The maximum Gasteiger partial charge on any atom is 0.166 e. The third kappa shape index (κ3) is 1.19. The molecule has 0 spiro atoms. The molecule has 1 heterocycles. The van der Waals surface area contributed by atoms with Crippen LogP contribution >= 0.6 is 11.3 Å². The summed E-state index contributed by atoms with van der Waals surface area (Å²) >= 11 is 1.62. The van der Waals surface area contributed by atoms with Crippen LogP contribution in [0.4, 0.5) is 0 Å². The van der Waals surface area contributed by atoms with Gasteiger partial charge in [0.05, 0.1) is 6.10 Å². The molecule has 0 fully saturated rings. The third-order valence-electron chi connectivity index (χ3n) is 2.07. The number of ketones is 1. The zero-order valence-electron chi connectivity index (χ0n) is 6.83. The second-order valence-electron chi connectivity index (χ2n) is 3.18. The van der Waals surface area contributed by atoms with Crippen molar-refractivity contribution in [3.63, 3.8) is 0 Å². The Kier molecular flexibility index (Phi) is 1.77. The van der Waals surface area contributed by atoms with E-state index in [2.05, 4.69) is 0 Å². The lowest BCUT2D eigenvalue weighted by molar-refractivity contribution is 0.0856. The first-order chi connectivity index (χ1) is 5.66. The minimum atomic E-state index is -0.456. The van der Waals surface area contributed by atoms with Gasteiger partial charge >= 0.3 is 0 Å². The number of rotatable bonds is 0. The quantitative estimate of drug-likeness (QED) is 0.661. The number of carbonyl (C=O) groups excluding carboxylic acids is 1. The number of carbonyl (C=O) groups is 1. The summed E-state index contributed by atoms with van der Waals surface area (Å²) in [4.78, 5) is 13.6. The molecule has 0 bridgehead atoms. The molecule has 1 unspecified atom stereocenters. The Bertz CT molecular complexity index is 327. The number of hydrogen-bond donors (Lipinski definition) is 1. The number of Topliss-reactive ketones (excluding diaryl/α,β-unsaturated/α-hetero) is 1. The average molecular weight is 182 g/mol. The van der Waals surface area contributed by atoms with Crippen molar-refractivity contribution in [2.24, 2.45) is 0 Å². The van der Waals surface area contributed by atoms with Crippen LogP contribution in [0.3, 0.4) is 0 Å². The van der Waals surface area contributed by atoms with E-state index >= 15 is 0 Å². The fourth-order valence-electron chi connectivity index (χ4n) is 1.56. The van der Waals surface area contributed by atoms with Crippen LogP contribution in [-0.2, 0) is 6.42 Å². The van der Waals surface area contributed by atoms with E-state index in [1.165, 1.54) is 0 Å². The van der Waals surface area contributed by atoms with Gasteiger partial charge < -0.3 is 5.11 Å². The van der Waals surface area contributed by atoms with Crippen LogP contribution in [0.2, 0.25) is 0 Å². The molecule has 1 atom stereocenters. The lowest BCUT2D eigenvalue weighted by atomic mass is 9.95. The molecule has 0 saturated carbocycles. The lowest BCUT2D eigenvalue weighted by Gasteiger charge is -2.15. The van der Waals surface area contributed by atoms with Gasteiger partial charge in [0.1, 0.15) is 0 Å². The maximum atomic E-state index is 11.4. The van der Waals surface area contributed by atoms with Gasteiger partial charge in [-0.1, -0.05) is 0 Å². The smallest absolute Gasteiger partial charge is 0.166 e. The minimum absolute atomic E-state index is 0.0908. The van der Waals surface area contributed by atoms with E-state index < -0.39 is 6.10 Å². The van der Waals surface area contributed by atoms with Gasteiger partial charge in [0, 0.05) is 28.2 Å². The van der Waals surface area contributed by atoms with E-state index in [-0.39, 0.29) is 5.78 Å². The summed E-state index contributed by atoms with van der Waals surface area (Å²) in [6.45, 7) is 1.99. The van der Waals surface area contributed by atoms with Crippen molar-refractivity contribution in [1.29, 1.82) is 0 Å². The highest BCUT2D eigenvalue weighted by atomic mass is 32.1. The number of aliphatic hydroxyl groups is 1. The highest BCUT2D eigenvalue weighted by molar-refractivity contribution is 7.12. The molecule has 0 radical (unpaired) electrons. The van der Waals surface area contributed by atoms with Gasteiger partial charge in [0.2, 0.25) is 0 Å². The molecule has 64 valence electrons. The van der Waals surface area contributed by atoms with Gasteiger partial charge in [-0.2, -0.15) is 0 Å². The maximum absolute atomic E-state index is 11.4. The fraction of sp³-hybridized carbons (Fsp3) is 0.444. The van der Waals surface area contributed by atoms with E-state index in [4.69, 9.17) is 0 Å². The van der Waals surface area contributed by atoms with Crippen molar-refractivity contribution in [3.05, 3.63) is 21.4 Å². The first-order valence-electron chi connectivity index (χ1n) is 3.97. The van der Waals surface area contributed by atoms with E-state index in [0.29, 0.717) is 12.8 Å². The van der Waals surface area contributed by atoms with Crippen molar-refractivity contribution in [2.75, 3.05) is 0 Å². The van der Waals surface area contributed by atoms with E-state index in [1.807, 2.05) is 13.0 Å². The second-order valence-corrected chi connectivity index (χ2v) is 4.52. The van der Waals surface area contributed by atoms with Crippen LogP contribution < -0.4 is 0 Å². The summed E-state index contributed by atoms with van der Waals surface area (Å²) in [6, 6.07) is 1.92. The summed E-state index contributed by atoms with van der Waals surface area (Å²) in [7, 11) is 0. The Balaban J connectivity index is 2.46. The Morgan fingerprint density at radius 1 is 1.58 bits per heavy atom. The van der Waals surface area contributed by atoms with Gasteiger partial charge in [-0.15, -0.1) is 11.3 Å². The van der Waals surface area contributed by atoms with Gasteiger partial charge in [0.15, 0.2) is 5.78 Å². The lowest BCUT2D eigenvalue weighted by Crippen LogP contribution is -2.22. The molecule has 1 aromatic heterocycles. The largest absolute Gasteiger partial charge is 0.392 e. The van der Waals surface area contributed by atoms with E-state index in [1.54, 1.807) is 11.3 Å². The van der Waals surface area contributed by atoms with Crippen LogP contribution in [0, 0.1) is 6.92 Å². The molecule has 3 heteroatoms. The average Bonchev–Trinajstić information content (AvgIpc) is 2.29. The first-order valence-corrected chi connectivity index (χ1v) is 4.79. The molecule has 2 nitrogen and oxygen atoms in total. The minimum Gasteiger partial charge on any atom is -0.392 e. The molecule has 2 rings (SSSR count). The molecule has 1 N–H and O–H groups in total. The highest BCUT2D eigenvalue weighted by Gasteiger charge is 2.24. The predicted octanol–water partition coefficient (Wildman–Crippen LogP) is 1.55. The number of fused-ring (bicyclic) bond motifs is 1. The number of aryl methyl sites for hydroxylation is 1. The molecule has 0 aromatic carbocycles. The first kappa shape index (κ1) is 7.95. The summed E-state index contributed by atoms with van der Waals surface area (Å²) in [5.41, 5.74) is 0.836. The monoisotopic (exact) mass is 182 g/mol. The molecular weight excluding hydrogens is 172 g/mol. The second kappa shape index (κ2) is 2.68. The molecule has 12 heavy (non-hydrogen) atoms. The Hall–Kier alpha value is -0.670. The number of aliphatic hydroxyl groups excluding tert-OH is 1. The third-order valence-corrected chi connectivity index (χ3v) is 3.15. The zero-order chi connectivity index (χ0) is 8.72. The summed E-state index contributed by atoms with van der Waals surface area (Å²) in [5, 5.41) is 9.32. The number of thiophene rings is 1. The molecular formula is C9H10O2S. The van der Waals surface area contributed by atoms with E-state index in [9.17, 15) is 9.90 Å². The highest BCUT2D eigenvalue weighted by Crippen LogP contribution is 2.29. The SMILES string of the molecule is Cc1cc2c(s1)CC(O)CC2=O. The van der Waals surface area contributed by atoms with Crippen molar-refractivity contribution in [2.45, 2.75) is 25.9 Å². The van der Waals surface area contributed by atoms with Crippen LogP contribution in [0.1, 0.15) is 26.5 Å². The summed E-state index contributed by atoms with van der Waals surface area (Å²) in [6.07, 6.45) is 0.492. The van der Waals surface area contributed by atoms with Crippen molar-refractivity contribution < 1.29 is 9.90 Å². The van der Waals surface area contributed by atoms with Crippen LogP contribution in [0.5, 0.6) is 0 Å². The van der Waals surface area contributed by atoms with Gasteiger partial charge in [-0.25, -0.2) is 0 Å². The Labute approximate surface area is 74.8 Å². The van der Waals surface area contributed by atoms with E-state index in [0.717, 1.165) is 15.3 Å². The Morgan fingerprint density at radius 2 is 2.33 bits per heavy atom. The van der Waals surface area contributed by atoms with Crippen molar-refractivity contribution in [1.82, 2.24) is 0 Å². The predicted molar refractivity (Wildman–Crippen MR) is 47.7 cm³/mol. The molecule has 0 saturated heterocycles. The topological polar surface area (TPSA) is 37.3 Å². The number of hydrogen-bond acceptors (Lipinski definition) is 3. The van der Waals surface area contributed by atoms with Crippen molar-refractivity contribution >= 4 is 17.1 Å². The Morgan fingerprint density at radius 3 is 3.08 bits per heavy atom. The van der Waals surface area contributed by atoms with Gasteiger partial charge in [0.25, 0.3) is 0 Å². The van der Waals surface area contributed by atoms with Crippen LogP contribution in [0.15, 0.2) is 6.07 Å². The van der Waals surface area contributed by atoms with Gasteiger partial charge in [-0.3, -0.25) is 4.79 Å². The summed E-state index contributed by atoms with van der Waals surface area (Å²) < 4.78 is 0. The zero-order valence-corrected chi connectivity index (χ0v) is 7.65.